The molecule has 1 unspecified atom stereocenters. The zero-order chi connectivity index (χ0) is 24.4. The Morgan fingerprint density at radius 1 is 1.03 bits per heavy atom. The molecule has 1 aromatic heterocycles. The van der Waals surface area contributed by atoms with Crippen molar-refractivity contribution in [1.29, 1.82) is 5.26 Å². The third-order valence-corrected chi connectivity index (χ3v) is 7.41. The van der Waals surface area contributed by atoms with Crippen molar-refractivity contribution >= 4 is 33.4 Å². The van der Waals surface area contributed by atoms with Gasteiger partial charge in [-0.25, -0.2) is 4.79 Å². The smallest absolute Gasteiger partial charge is 0.407 e. The van der Waals surface area contributed by atoms with Crippen LogP contribution in [0.3, 0.4) is 0 Å². The fraction of sp³-hybridized carbons (Fsp3) is 0.179. The van der Waals surface area contributed by atoms with E-state index in [0.29, 0.717) is 0 Å². The van der Waals surface area contributed by atoms with Crippen LogP contribution < -0.4 is 5.32 Å². The Kier molecular flexibility index (Phi) is 6.21. The zero-order valence-corrected chi connectivity index (χ0v) is 19.9. The lowest BCUT2D eigenvalue weighted by molar-refractivity contribution is -0.129. The molecule has 1 heterocycles. The second-order valence-corrected chi connectivity index (χ2v) is 9.39. The molecule has 6 nitrogen and oxygen atoms in total. The summed E-state index contributed by atoms with van der Waals surface area (Å²) >= 11 is 1.58. The summed E-state index contributed by atoms with van der Waals surface area (Å²) in [6.45, 7) is 0.149. The molecule has 0 fully saturated rings. The normalized spacial score (nSPS) is 12.9. The van der Waals surface area contributed by atoms with E-state index in [0.717, 1.165) is 42.8 Å². The van der Waals surface area contributed by atoms with Crippen molar-refractivity contribution in [2.24, 2.45) is 0 Å². The predicted molar refractivity (Wildman–Crippen MR) is 136 cm³/mol. The number of carbonyl (C=O) groups is 2. The van der Waals surface area contributed by atoms with Gasteiger partial charge in [0.1, 0.15) is 12.6 Å². The van der Waals surface area contributed by atoms with Crippen molar-refractivity contribution in [2.75, 3.05) is 13.7 Å². The molecule has 0 saturated heterocycles. The van der Waals surface area contributed by atoms with Gasteiger partial charge in [0.15, 0.2) is 6.19 Å². The van der Waals surface area contributed by atoms with Crippen LogP contribution >= 0.6 is 11.3 Å². The molecule has 3 aromatic carbocycles. The summed E-state index contributed by atoms with van der Waals surface area (Å²) in [6.07, 6.45) is 1.41. The highest BCUT2D eigenvalue weighted by Crippen LogP contribution is 2.44. The zero-order valence-electron chi connectivity index (χ0n) is 19.1. The maximum atomic E-state index is 12.9. The largest absolute Gasteiger partial charge is 0.449 e. The number of thiophene rings is 1. The number of ether oxygens (including phenoxy) is 1. The number of rotatable bonds is 6. The monoisotopic (exact) mass is 481 g/mol. The second-order valence-electron chi connectivity index (χ2n) is 8.48. The fourth-order valence-corrected chi connectivity index (χ4v) is 5.65. The molecule has 4 aromatic rings. The summed E-state index contributed by atoms with van der Waals surface area (Å²) in [5.74, 6) is -0.568. The molecule has 0 spiro atoms. The lowest BCUT2D eigenvalue weighted by Gasteiger charge is -2.21. The van der Waals surface area contributed by atoms with Crippen LogP contribution in [0.15, 0.2) is 78.2 Å². The molecule has 7 heteroatoms. The molecule has 0 aliphatic heterocycles. The lowest BCUT2D eigenvalue weighted by Crippen LogP contribution is -2.47. The number of alkyl carbamates (subject to hydrolysis) is 1. The number of hydrogen-bond donors (Lipinski definition) is 1. The van der Waals surface area contributed by atoms with E-state index >= 15 is 0 Å². The van der Waals surface area contributed by atoms with Crippen LogP contribution in [0.5, 0.6) is 0 Å². The summed E-state index contributed by atoms with van der Waals surface area (Å²) < 4.78 is 6.74. The number of likely N-dealkylation sites (N-methyl/N-ethyl adjacent to an activating group) is 1. The maximum Gasteiger partial charge on any atom is 0.407 e. The molecule has 0 radical (unpaired) electrons. The number of nitrogens with one attached hydrogen (secondary N) is 1. The van der Waals surface area contributed by atoms with E-state index in [9.17, 15) is 14.9 Å². The standard InChI is InChI=1S/C28H23N3O3S/c1-31(17-29)27(32)25(14-18-16-35-26-13-7-6-8-19(18)26)30-28(33)34-15-24-22-11-4-2-9-20(22)21-10-3-5-12-23(21)24/h2-13,16,24-25H,14-15H2,1H3,(H,30,33). The fourth-order valence-electron chi connectivity index (χ4n) is 4.68. The number of carbonyl (C=O) groups excluding carboxylic acids is 2. The number of nitriles is 1. The van der Waals surface area contributed by atoms with Gasteiger partial charge in [0, 0.05) is 24.1 Å². The third-order valence-electron chi connectivity index (χ3n) is 6.40. The molecular formula is C28H23N3O3S. The highest BCUT2D eigenvalue weighted by atomic mass is 32.1. The minimum atomic E-state index is -0.923. The van der Waals surface area contributed by atoms with Crippen LogP contribution in [0.2, 0.25) is 0 Å². The van der Waals surface area contributed by atoms with Crippen LogP contribution in [0.25, 0.3) is 21.2 Å². The maximum absolute atomic E-state index is 12.9. The number of amides is 2. The first-order chi connectivity index (χ1) is 17.1. The van der Waals surface area contributed by atoms with Crippen molar-refractivity contribution in [3.8, 4) is 17.3 Å². The molecule has 5 rings (SSSR count). The molecule has 0 bridgehead atoms. The van der Waals surface area contributed by atoms with Crippen molar-refractivity contribution in [3.05, 3.63) is 94.9 Å². The van der Waals surface area contributed by atoms with E-state index in [1.54, 1.807) is 11.3 Å². The Labute approximate surface area is 207 Å². The number of hydrogen-bond acceptors (Lipinski definition) is 5. The third kappa shape index (κ3) is 4.36. The number of nitrogens with zero attached hydrogens (tertiary/aromatic N) is 2. The molecule has 1 atom stereocenters. The molecule has 1 aliphatic rings. The van der Waals surface area contributed by atoms with Crippen LogP contribution in [-0.2, 0) is 16.0 Å². The van der Waals surface area contributed by atoms with E-state index in [4.69, 9.17) is 4.74 Å². The second kappa shape index (κ2) is 9.61. The lowest BCUT2D eigenvalue weighted by atomic mass is 9.98. The van der Waals surface area contributed by atoms with Crippen molar-refractivity contribution in [3.63, 3.8) is 0 Å². The highest BCUT2D eigenvalue weighted by molar-refractivity contribution is 7.17. The summed E-state index contributed by atoms with van der Waals surface area (Å²) in [4.78, 5) is 26.7. The Balaban J connectivity index is 1.32. The first kappa shape index (κ1) is 22.6. The van der Waals surface area contributed by atoms with E-state index in [-0.39, 0.29) is 18.9 Å². The van der Waals surface area contributed by atoms with Gasteiger partial charge in [-0.05, 0) is 44.6 Å². The highest BCUT2D eigenvalue weighted by Gasteiger charge is 2.30. The summed E-state index contributed by atoms with van der Waals surface area (Å²) in [5, 5.41) is 15.0. The van der Waals surface area contributed by atoms with Gasteiger partial charge in [-0.15, -0.1) is 11.3 Å². The van der Waals surface area contributed by atoms with Crippen molar-refractivity contribution in [2.45, 2.75) is 18.4 Å². The van der Waals surface area contributed by atoms with Crippen molar-refractivity contribution in [1.82, 2.24) is 10.2 Å². The number of fused-ring (bicyclic) bond motifs is 4. The van der Waals surface area contributed by atoms with E-state index < -0.39 is 18.0 Å². The Morgan fingerprint density at radius 3 is 2.34 bits per heavy atom. The minimum absolute atomic E-state index is 0.0788. The van der Waals surface area contributed by atoms with Gasteiger partial charge in [-0.1, -0.05) is 66.7 Å². The van der Waals surface area contributed by atoms with Gasteiger partial charge in [-0.2, -0.15) is 5.26 Å². The van der Waals surface area contributed by atoms with Crippen LogP contribution in [-0.4, -0.2) is 36.6 Å². The van der Waals surface area contributed by atoms with Gasteiger partial charge in [0.05, 0.1) is 0 Å². The first-order valence-electron chi connectivity index (χ1n) is 11.3. The van der Waals surface area contributed by atoms with Gasteiger partial charge in [0.25, 0.3) is 5.91 Å². The van der Waals surface area contributed by atoms with Crippen LogP contribution in [0, 0.1) is 11.5 Å². The molecule has 1 aliphatic carbocycles. The average Bonchev–Trinajstić information content (AvgIpc) is 3.45. The Morgan fingerprint density at radius 2 is 1.66 bits per heavy atom. The van der Waals surface area contributed by atoms with Crippen LogP contribution in [0.4, 0.5) is 4.79 Å². The quantitative estimate of drug-likeness (QED) is 0.300. The van der Waals surface area contributed by atoms with E-state index in [1.807, 2.05) is 60.1 Å². The van der Waals surface area contributed by atoms with Gasteiger partial charge in [0.2, 0.25) is 0 Å². The minimum Gasteiger partial charge on any atom is -0.449 e. The molecular weight excluding hydrogens is 458 g/mol. The number of benzene rings is 3. The van der Waals surface area contributed by atoms with Crippen LogP contribution in [0.1, 0.15) is 22.6 Å². The van der Waals surface area contributed by atoms with Gasteiger partial charge < -0.3 is 10.1 Å². The van der Waals surface area contributed by atoms with E-state index in [1.165, 1.54) is 7.05 Å². The summed E-state index contributed by atoms with van der Waals surface area (Å²) in [7, 11) is 1.39. The molecule has 0 saturated carbocycles. The molecule has 2 amide bonds. The Bertz CT molecular complexity index is 1410. The van der Waals surface area contributed by atoms with Crippen molar-refractivity contribution < 1.29 is 14.3 Å². The van der Waals surface area contributed by atoms with E-state index in [2.05, 4.69) is 29.6 Å². The summed E-state index contributed by atoms with van der Waals surface area (Å²) in [6, 6.07) is 23.2. The SMILES string of the molecule is CN(C#N)C(=O)C(Cc1csc2ccccc12)NC(=O)OCC1c2ccccc2-c2ccccc21. The average molecular weight is 482 g/mol. The molecule has 35 heavy (non-hydrogen) atoms. The molecule has 174 valence electrons. The van der Waals surface area contributed by atoms with Gasteiger partial charge >= 0.3 is 6.09 Å². The topological polar surface area (TPSA) is 82.4 Å². The summed E-state index contributed by atoms with van der Waals surface area (Å²) in [5.41, 5.74) is 5.45. The molecule has 1 N–H and O–H groups in total. The van der Waals surface area contributed by atoms with Gasteiger partial charge in [-0.3, -0.25) is 9.69 Å². The predicted octanol–water partition coefficient (Wildman–Crippen LogP) is 5.29. The first-order valence-corrected chi connectivity index (χ1v) is 12.2. The Hall–Kier alpha value is -4.15.